The fraction of sp³-hybridized carbons (Fsp3) is 0.250. The molecule has 2 aromatic rings. The van der Waals surface area contributed by atoms with Crippen LogP contribution in [0.5, 0.6) is 17.2 Å². The van der Waals surface area contributed by atoms with Crippen molar-refractivity contribution in [1.29, 1.82) is 0 Å². The molecular weight excluding hydrogens is 290 g/mol. The molecule has 1 aliphatic rings. The highest BCUT2D eigenvalue weighted by Gasteiger charge is 2.19. The Bertz CT molecular complexity index is 660. The molecule has 4 nitrogen and oxygen atoms in total. The van der Waals surface area contributed by atoms with E-state index in [0.29, 0.717) is 18.0 Å². The van der Waals surface area contributed by atoms with Crippen LogP contribution in [-0.2, 0) is 13.1 Å². The molecule has 0 amide bonds. The number of phenols is 1. The van der Waals surface area contributed by atoms with Crippen LogP contribution in [0.3, 0.4) is 0 Å². The van der Waals surface area contributed by atoms with Gasteiger partial charge in [0.1, 0.15) is 18.8 Å². The van der Waals surface area contributed by atoms with E-state index in [4.69, 9.17) is 21.1 Å². The third kappa shape index (κ3) is 3.23. The Morgan fingerprint density at radius 2 is 1.90 bits per heavy atom. The van der Waals surface area contributed by atoms with Crippen LogP contribution in [0.15, 0.2) is 36.4 Å². The summed E-state index contributed by atoms with van der Waals surface area (Å²) in [4.78, 5) is 1.24. The summed E-state index contributed by atoms with van der Waals surface area (Å²) in [7, 11) is 2.07. The predicted molar refractivity (Wildman–Crippen MR) is 80.0 cm³/mol. The van der Waals surface area contributed by atoms with E-state index in [-0.39, 0.29) is 12.5 Å². The third-order valence-corrected chi connectivity index (χ3v) is 3.70. The molecule has 0 spiro atoms. The van der Waals surface area contributed by atoms with Crippen LogP contribution in [0.25, 0.3) is 0 Å². The van der Waals surface area contributed by atoms with Crippen LogP contribution in [0, 0.1) is 0 Å². The Kier molecular flexibility index (Phi) is 3.90. The van der Waals surface area contributed by atoms with Gasteiger partial charge in [0.25, 0.3) is 0 Å². The second kappa shape index (κ2) is 5.84. The average molecular weight is 307 g/mol. The molecule has 2 aromatic carbocycles. The number of nitrogens with one attached hydrogen (secondary N) is 1. The first-order chi connectivity index (χ1) is 10.1. The van der Waals surface area contributed by atoms with E-state index >= 15 is 0 Å². The van der Waals surface area contributed by atoms with E-state index in [0.717, 1.165) is 17.1 Å². The minimum atomic E-state index is 0.212. The van der Waals surface area contributed by atoms with Crippen molar-refractivity contribution in [1.82, 2.24) is 0 Å². The van der Waals surface area contributed by atoms with Gasteiger partial charge in [-0.3, -0.25) is 0 Å². The maximum Gasteiger partial charge on any atom is 0.231 e. The van der Waals surface area contributed by atoms with Gasteiger partial charge >= 0.3 is 0 Å². The molecule has 0 aromatic heterocycles. The Morgan fingerprint density at radius 3 is 2.67 bits per heavy atom. The Balaban J connectivity index is 1.71. The minimum absolute atomic E-state index is 0.212. The van der Waals surface area contributed by atoms with Crippen molar-refractivity contribution in [3.05, 3.63) is 52.5 Å². The number of halogens is 1. The van der Waals surface area contributed by atoms with E-state index in [2.05, 4.69) is 13.1 Å². The summed E-state index contributed by atoms with van der Waals surface area (Å²) in [6.45, 7) is 1.73. The molecular formula is C16H17ClNO3+. The van der Waals surface area contributed by atoms with Gasteiger partial charge in [-0.05, 0) is 18.2 Å². The molecule has 1 aliphatic heterocycles. The number of hydrogen-bond donors (Lipinski definition) is 2. The van der Waals surface area contributed by atoms with Gasteiger partial charge in [-0.2, -0.15) is 0 Å². The first-order valence-electron chi connectivity index (χ1n) is 6.79. The summed E-state index contributed by atoms with van der Waals surface area (Å²) in [5, 5.41) is 10.8. The minimum Gasteiger partial charge on any atom is -0.507 e. The lowest BCUT2D eigenvalue weighted by Gasteiger charge is -2.15. The molecule has 1 unspecified atom stereocenters. The van der Waals surface area contributed by atoms with Crippen LogP contribution >= 0.6 is 11.6 Å². The average Bonchev–Trinajstić information content (AvgIpc) is 2.86. The summed E-state index contributed by atoms with van der Waals surface area (Å²) < 4.78 is 10.6. The maximum atomic E-state index is 10.1. The highest BCUT2D eigenvalue weighted by atomic mass is 35.5. The van der Waals surface area contributed by atoms with Gasteiger partial charge in [-0.15, -0.1) is 0 Å². The van der Waals surface area contributed by atoms with Gasteiger partial charge in [-0.25, -0.2) is 0 Å². The van der Waals surface area contributed by atoms with Crippen LogP contribution < -0.4 is 14.4 Å². The summed E-state index contributed by atoms with van der Waals surface area (Å²) in [6.07, 6.45) is 0. The van der Waals surface area contributed by atoms with Crippen molar-refractivity contribution in [3.63, 3.8) is 0 Å². The standard InChI is InChI=1S/C16H16ClNO3/c1-18(8-11-3-2-4-13(17)5-11)9-12-6-15-16(7-14(12)19)21-10-20-15/h2-7,19H,8-10H2,1H3/p+1. The first-order valence-corrected chi connectivity index (χ1v) is 7.17. The molecule has 0 aliphatic carbocycles. The van der Waals surface area contributed by atoms with E-state index < -0.39 is 0 Å². The molecule has 2 N–H and O–H groups in total. The van der Waals surface area contributed by atoms with Gasteiger partial charge < -0.3 is 19.5 Å². The molecule has 0 bridgehead atoms. The molecule has 0 saturated heterocycles. The van der Waals surface area contributed by atoms with Crippen LogP contribution in [0.2, 0.25) is 5.02 Å². The smallest absolute Gasteiger partial charge is 0.231 e. The summed E-state index contributed by atoms with van der Waals surface area (Å²) >= 11 is 6.00. The zero-order valence-corrected chi connectivity index (χ0v) is 12.5. The number of rotatable bonds is 4. The van der Waals surface area contributed by atoms with Crippen LogP contribution in [-0.4, -0.2) is 18.9 Å². The summed E-state index contributed by atoms with van der Waals surface area (Å²) in [5.41, 5.74) is 2.01. The molecule has 0 saturated carbocycles. The van der Waals surface area contributed by atoms with Crippen molar-refractivity contribution < 1.29 is 19.5 Å². The number of hydrogen-bond acceptors (Lipinski definition) is 3. The normalized spacial score (nSPS) is 14.2. The fourth-order valence-electron chi connectivity index (χ4n) is 2.50. The molecule has 5 heteroatoms. The quantitative estimate of drug-likeness (QED) is 0.908. The number of benzene rings is 2. The fourth-order valence-corrected chi connectivity index (χ4v) is 2.71. The van der Waals surface area contributed by atoms with E-state index in [9.17, 15) is 5.11 Å². The lowest BCUT2D eigenvalue weighted by atomic mass is 10.1. The van der Waals surface area contributed by atoms with Gasteiger partial charge in [0.15, 0.2) is 11.5 Å². The largest absolute Gasteiger partial charge is 0.507 e. The number of ether oxygens (including phenoxy) is 2. The molecule has 0 fully saturated rings. The summed E-state index contributed by atoms with van der Waals surface area (Å²) in [5.74, 6) is 1.53. The molecule has 1 heterocycles. The second-order valence-electron chi connectivity index (χ2n) is 5.27. The van der Waals surface area contributed by atoms with Gasteiger partial charge in [0.05, 0.1) is 12.6 Å². The predicted octanol–water partition coefficient (Wildman–Crippen LogP) is 1.99. The lowest BCUT2D eigenvalue weighted by Crippen LogP contribution is -3.06. The molecule has 3 rings (SSSR count). The van der Waals surface area contributed by atoms with Crippen LogP contribution in [0.1, 0.15) is 11.1 Å². The second-order valence-corrected chi connectivity index (χ2v) is 5.71. The third-order valence-electron chi connectivity index (χ3n) is 3.46. The monoisotopic (exact) mass is 306 g/mol. The Morgan fingerprint density at radius 1 is 1.14 bits per heavy atom. The maximum absolute atomic E-state index is 10.1. The Hall–Kier alpha value is -1.91. The molecule has 0 radical (unpaired) electrons. The lowest BCUT2D eigenvalue weighted by molar-refractivity contribution is -0.907. The van der Waals surface area contributed by atoms with Gasteiger partial charge in [-0.1, -0.05) is 23.7 Å². The van der Waals surface area contributed by atoms with E-state index in [1.165, 1.54) is 10.5 Å². The molecule has 21 heavy (non-hydrogen) atoms. The van der Waals surface area contributed by atoms with Gasteiger partial charge in [0, 0.05) is 16.7 Å². The topological polar surface area (TPSA) is 43.1 Å². The van der Waals surface area contributed by atoms with E-state index in [1.807, 2.05) is 24.3 Å². The van der Waals surface area contributed by atoms with Crippen LogP contribution in [0.4, 0.5) is 0 Å². The highest BCUT2D eigenvalue weighted by Crippen LogP contribution is 2.37. The zero-order chi connectivity index (χ0) is 14.8. The number of aromatic hydroxyl groups is 1. The first kappa shape index (κ1) is 14.0. The van der Waals surface area contributed by atoms with Crippen molar-refractivity contribution >= 4 is 11.6 Å². The number of quaternary nitrogens is 1. The Labute approximate surface area is 128 Å². The summed E-state index contributed by atoms with van der Waals surface area (Å²) in [6, 6.07) is 11.3. The highest BCUT2D eigenvalue weighted by molar-refractivity contribution is 6.30. The zero-order valence-electron chi connectivity index (χ0n) is 11.7. The van der Waals surface area contributed by atoms with Gasteiger partial charge in [0.2, 0.25) is 6.79 Å². The SMILES string of the molecule is C[NH+](Cc1cccc(Cl)c1)Cc1cc2c(cc1O)OCO2. The van der Waals surface area contributed by atoms with Crippen molar-refractivity contribution in [2.45, 2.75) is 13.1 Å². The molecule has 1 atom stereocenters. The van der Waals surface area contributed by atoms with Crippen molar-refractivity contribution in [3.8, 4) is 17.2 Å². The van der Waals surface area contributed by atoms with E-state index in [1.54, 1.807) is 6.07 Å². The van der Waals surface area contributed by atoms with Crippen molar-refractivity contribution in [2.24, 2.45) is 0 Å². The number of phenolic OH excluding ortho intramolecular Hbond substituents is 1. The number of fused-ring (bicyclic) bond motifs is 1. The van der Waals surface area contributed by atoms with Crippen molar-refractivity contribution in [2.75, 3.05) is 13.8 Å². The molecule has 110 valence electrons.